The normalized spacial score (nSPS) is 30.6. The van der Waals surface area contributed by atoms with Crippen LogP contribution in [0.15, 0.2) is 61.6 Å². The molecule has 4 bridgehead atoms. The van der Waals surface area contributed by atoms with E-state index in [9.17, 15) is 0 Å². The fourth-order valence-electron chi connectivity index (χ4n) is 19.6. The van der Waals surface area contributed by atoms with Gasteiger partial charge in [-0.1, -0.05) is 0 Å². The Morgan fingerprint density at radius 2 is 1.20 bits per heavy atom. The first-order chi connectivity index (χ1) is 45.0. The Labute approximate surface area is 531 Å². The van der Waals surface area contributed by atoms with Gasteiger partial charge in [-0.05, 0) is 134 Å². The number of imidazole rings is 3. The summed E-state index contributed by atoms with van der Waals surface area (Å²) in [6.45, 7) is 16.8. The lowest BCUT2D eigenvalue weighted by Gasteiger charge is -2.71. The van der Waals surface area contributed by atoms with Gasteiger partial charge in [-0.25, -0.2) is 73.2 Å². The maximum atomic E-state index is 15.1. The molecule has 93 heavy (non-hydrogen) atoms. The van der Waals surface area contributed by atoms with Crippen LogP contribution < -0.4 is 15.5 Å². The molecule has 11 aromatic heterocycles. The molecule has 0 aromatic carbocycles. The second kappa shape index (κ2) is 18.1. The van der Waals surface area contributed by atoms with Gasteiger partial charge in [0.15, 0.2) is 80.0 Å². The molecule has 7 aliphatic heterocycles. The van der Waals surface area contributed by atoms with E-state index in [1.807, 2.05) is 50.8 Å². The Balaban J connectivity index is 0.638. The van der Waals surface area contributed by atoms with Gasteiger partial charge in [-0.15, -0.1) is 0 Å². The quantitative estimate of drug-likeness (QED) is 0.149. The Morgan fingerprint density at radius 1 is 0.591 bits per heavy atom. The van der Waals surface area contributed by atoms with E-state index < -0.39 is 22.6 Å². The molecule has 12 aliphatic rings. The zero-order valence-corrected chi connectivity index (χ0v) is 52.6. The third kappa shape index (κ3) is 7.31. The first kappa shape index (κ1) is 53.7. The molecule has 2 N–H and O–H groups in total. The Bertz CT molecular complexity index is 5060. The van der Waals surface area contributed by atoms with Gasteiger partial charge < -0.3 is 43.4 Å². The van der Waals surface area contributed by atoms with Crippen LogP contribution in [0.4, 0.5) is 21.8 Å². The fraction of sp³-hybridized carbons (Fsp3) is 0.522. The van der Waals surface area contributed by atoms with Gasteiger partial charge in [-0.3, -0.25) is 0 Å². The number of nitrogens with zero attached hydrogens (tertiary/aromatic N) is 21. The lowest BCUT2D eigenvalue weighted by atomic mass is 9.33. The second-order valence-corrected chi connectivity index (χ2v) is 30.0. The van der Waals surface area contributed by atoms with Crippen LogP contribution in [0.25, 0.3) is 78.9 Å². The summed E-state index contributed by atoms with van der Waals surface area (Å²) in [5.41, 5.74) is 13.1. The van der Waals surface area contributed by atoms with Crippen LogP contribution in [0.3, 0.4) is 0 Å². The van der Waals surface area contributed by atoms with Crippen molar-refractivity contribution >= 4 is 62.2 Å². The highest BCUT2D eigenvalue weighted by atomic mass is 19.1. The van der Waals surface area contributed by atoms with Crippen LogP contribution >= 0.6 is 0 Å². The molecule has 9 fully saturated rings. The molecule has 0 radical (unpaired) electrons. The van der Waals surface area contributed by atoms with Crippen molar-refractivity contribution in [3.63, 3.8) is 0 Å². The van der Waals surface area contributed by atoms with Crippen molar-refractivity contribution in [2.45, 2.75) is 160 Å². The summed E-state index contributed by atoms with van der Waals surface area (Å²) in [4.78, 5) is 67.4. The molecule has 472 valence electrons. The molecule has 25 nitrogen and oxygen atoms in total. The van der Waals surface area contributed by atoms with Gasteiger partial charge in [-0.2, -0.15) is 10.2 Å². The maximum Gasteiger partial charge on any atom is 0.167 e. The van der Waals surface area contributed by atoms with E-state index in [2.05, 4.69) is 66.4 Å². The van der Waals surface area contributed by atoms with E-state index in [-0.39, 0.29) is 41.3 Å². The third-order valence-electron chi connectivity index (χ3n) is 24.0. The van der Waals surface area contributed by atoms with Crippen molar-refractivity contribution in [3.8, 4) is 34.2 Å². The average Bonchev–Trinajstić information content (AvgIpc) is 1.11. The van der Waals surface area contributed by atoms with Crippen LogP contribution in [0.5, 0.6) is 0 Å². The van der Waals surface area contributed by atoms with E-state index in [1.54, 1.807) is 27.6 Å². The minimum absolute atomic E-state index is 0.0167. The standard InChI is InChI=1S/C67H69FN22O3/c1-64(2)61-77-50-57(84(61)15-16-91-64)79-53(32-19-41(68)52(69)72-22-32)80-59(50)86-26-33-20-42(86)47(33)44-30-88-56-49(76-62(88)66(5,6)93-44)48(75-54(81-56)34-23-70-45-10-13-73-89(45)27-34)40-21-36-7-8-38(39-9-12-67(36,39)40)43-29-87-60-51(78-63(87)65(3,4)92-43)58(85-25-31-17-37(85)18-31)82-55(83-60)35-24-71-46-11-14-74-90(46)28-35/h10-11,13-14,19,22-24,27-28,31,33,36-40,42-44,47H,7-9,12,15-18,20-21,25-26,29-30H2,1-6H3,(H2,69,72). The van der Waals surface area contributed by atoms with Gasteiger partial charge in [0.05, 0.1) is 61.1 Å². The summed E-state index contributed by atoms with van der Waals surface area (Å²) < 4.78 is 46.7. The van der Waals surface area contributed by atoms with Gasteiger partial charge in [0.1, 0.15) is 39.8 Å². The number of anilines is 3. The highest BCUT2D eigenvalue weighted by Crippen LogP contribution is 2.76. The topological polar surface area (TPSA) is 264 Å². The monoisotopic (exact) mass is 1250 g/mol. The molecular weight excluding hydrogens is 1180 g/mol. The number of pyridine rings is 1. The zero-order chi connectivity index (χ0) is 62.1. The Morgan fingerprint density at radius 3 is 1.87 bits per heavy atom. The number of aromatic nitrogens is 19. The molecule has 11 aromatic rings. The summed E-state index contributed by atoms with van der Waals surface area (Å²) in [5.74, 6) is 7.53. The van der Waals surface area contributed by atoms with Crippen molar-refractivity contribution in [1.29, 1.82) is 0 Å². The molecule has 23 rings (SSSR count). The fourth-order valence-corrected chi connectivity index (χ4v) is 19.6. The van der Waals surface area contributed by atoms with Gasteiger partial charge in [0.25, 0.3) is 0 Å². The van der Waals surface area contributed by atoms with Gasteiger partial charge >= 0.3 is 0 Å². The van der Waals surface area contributed by atoms with Crippen molar-refractivity contribution in [2.75, 3.05) is 35.2 Å². The highest BCUT2D eigenvalue weighted by Gasteiger charge is 2.69. The maximum absolute atomic E-state index is 15.1. The molecule has 26 heteroatoms. The van der Waals surface area contributed by atoms with E-state index in [0.717, 1.165) is 125 Å². The molecule has 0 amide bonds. The summed E-state index contributed by atoms with van der Waals surface area (Å²) >= 11 is 0. The van der Waals surface area contributed by atoms with Crippen LogP contribution in [0.1, 0.15) is 122 Å². The summed E-state index contributed by atoms with van der Waals surface area (Å²) in [6, 6.07) is 5.71. The van der Waals surface area contributed by atoms with E-state index in [0.29, 0.717) is 102 Å². The number of nitrogens with two attached hydrogens (primary N) is 1. The number of rotatable bonds is 8. The zero-order valence-electron chi connectivity index (χ0n) is 52.6. The molecule has 5 aliphatic carbocycles. The first-order valence-electron chi connectivity index (χ1n) is 33.4. The minimum Gasteiger partial charge on any atom is -0.381 e. The predicted octanol–water partition coefficient (Wildman–Crippen LogP) is 8.58. The van der Waals surface area contributed by atoms with Crippen molar-refractivity contribution < 1.29 is 18.6 Å². The smallest absolute Gasteiger partial charge is 0.167 e. The first-order valence-corrected chi connectivity index (χ1v) is 33.4. The summed E-state index contributed by atoms with van der Waals surface area (Å²) in [7, 11) is 0. The third-order valence-corrected chi connectivity index (χ3v) is 24.0. The number of hydrogen-bond acceptors (Lipinski definition) is 20. The molecular formula is C67H69FN22O3. The van der Waals surface area contributed by atoms with E-state index in [1.165, 1.54) is 18.9 Å². The number of halogens is 1. The van der Waals surface area contributed by atoms with Crippen LogP contribution in [0.2, 0.25) is 0 Å². The molecule has 10 unspecified atom stereocenters. The largest absolute Gasteiger partial charge is 0.381 e. The minimum atomic E-state index is -0.783. The lowest BCUT2D eigenvalue weighted by Crippen LogP contribution is -2.65. The number of fused-ring (bicyclic) bond motifs is 13. The number of ether oxygens (including phenoxy) is 3. The Kier molecular flexibility index (Phi) is 10.5. The summed E-state index contributed by atoms with van der Waals surface area (Å²) in [5, 5.41) is 9.12. The molecule has 18 heterocycles. The van der Waals surface area contributed by atoms with Crippen LogP contribution in [0, 0.1) is 46.7 Å². The molecule has 5 saturated carbocycles. The average molecular weight is 1250 g/mol. The summed E-state index contributed by atoms with van der Waals surface area (Å²) in [6.07, 6.45) is 21.4. The van der Waals surface area contributed by atoms with E-state index in [4.69, 9.17) is 74.8 Å². The molecule has 1 spiro atoms. The predicted molar refractivity (Wildman–Crippen MR) is 338 cm³/mol. The Hall–Kier alpha value is -8.75. The number of nitrogen functional groups attached to an aromatic ring is 1. The van der Waals surface area contributed by atoms with E-state index >= 15 is 4.39 Å². The lowest BCUT2D eigenvalue weighted by molar-refractivity contribution is -0.231. The van der Waals surface area contributed by atoms with Gasteiger partial charge in [0.2, 0.25) is 0 Å². The SMILES string of the molecule is CC1(C)OC(C2C3CC2N(c2nc(-c4cnc(N)c(F)c4)nc4c2nc2n4CCOC2(C)C)C3)Cn2c1nc1c(C3CC4CCC(C5Cn6c(nc7c(N8CC9CC8C9)nc(-c8cnc9ccnn9c8)nc76)C(C)(C)O5)C5CCC435)nc(-c3cnc4ccnn4c3)nc12. The van der Waals surface area contributed by atoms with Crippen molar-refractivity contribution in [2.24, 2.45) is 40.9 Å². The number of hydrogen-bond donors (Lipinski definition) is 1. The van der Waals surface area contributed by atoms with Crippen LogP contribution in [-0.4, -0.2) is 137 Å². The highest BCUT2D eigenvalue weighted by molar-refractivity contribution is 5.89. The second-order valence-electron chi connectivity index (χ2n) is 30.0. The van der Waals surface area contributed by atoms with Gasteiger partial charge in [0, 0.05) is 92.2 Å². The van der Waals surface area contributed by atoms with Crippen LogP contribution in [-0.2, 0) is 50.6 Å². The molecule has 10 atom stereocenters. The van der Waals surface area contributed by atoms with Crippen molar-refractivity contribution in [3.05, 3.63) is 90.6 Å². The molecule has 4 saturated heterocycles. The van der Waals surface area contributed by atoms with Crippen molar-refractivity contribution in [1.82, 2.24) is 92.7 Å².